The summed E-state index contributed by atoms with van der Waals surface area (Å²) in [5, 5.41) is 8.50. The van der Waals surface area contributed by atoms with Crippen molar-refractivity contribution in [2.75, 3.05) is 0 Å². The molecule has 4 heteroatoms. The standard InChI is InChI=1S/C8H12O4/c1-4(2)12-8(11)6-3-5(6)7(9)10/h4-6H,3H2,1-2H3,(H,9,10)/t5-,6-/m1/s1. The number of ether oxygens (including phenoxy) is 1. The molecule has 0 heterocycles. The van der Waals surface area contributed by atoms with E-state index in [1.165, 1.54) is 0 Å². The molecule has 4 nitrogen and oxygen atoms in total. The van der Waals surface area contributed by atoms with Gasteiger partial charge in [0.25, 0.3) is 0 Å². The van der Waals surface area contributed by atoms with Crippen molar-refractivity contribution in [2.45, 2.75) is 26.4 Å². The average molecular weight is 172 g/mol. The fourth-order valence-corrected chi connectivity index (χ4v) is 1.05. The van der Waals surface area contributed by atoms with Crippen LogP contribution in [0, 0.1) is 11.8 Å². The molecule has 1 aliphatic carbocycles. The van der Waals surface area contributed by atoms with Gasteiger partial charge in [-0.05, 0) is 20.3 Å². The Morgan fingerprint density at radius 2 is 2.00 bits per heavy atom. The van der Waals surface area contributed by atoms with E-state index in [4.69, 9.17) is 9.84 Å². The van der Waals surface area contributed by atoms with Crippen LogP contribution in [0.2, 0.25) is 0 Å². The smallest absolute Gasteiger partial charge is 0.310 e. The molecular formula is C8H12O4. The number of rotatable bonds is 3. The third-order valence-electron chi connectivity index (χ3n) is 1.76. The van der Waals surface area contributed by atoms with Crippen LogP contribution in [0.4, 0.5) is 0 Å². The minimum atomic E-state index is -0.902. The van der Waals surface area contributed by atoms with Gasteiger partial charge in [0, 0.05) is 0 Å². The molecule has 1 aliphatic rings. The van der Waals surface area contributed by atoms with Crippen molar-refractivity contribution in [3.63, 3.8) is 0 Å². The normalized spacial score (nSPS) is 26.9. The van der Waals surface area contributed by atoms with Gasteiger partial charge in [-0.1, -0.05) is 0 Å². The lowest BCUT2D eigenvalue weighted by Crippen LogP contribution is -2.15. The maximum absolute atomic E-state index is 11.0. The lowest BCUT2D eigenvalue weighted by molar-refractivity contribution is -0.151. The monoisotopic (exact) mass is 172 g/mol. The zero-order valence-electron chi connectivity index (χ0n) is 7.11. The molecule has 12 heavy (non-hydrogen) atoms. The van der Waals surface area contributed by atoms with E-state index in [2.05, 4.69) is 0 Å². The summed E-state index contributed by atoms with van der Waals surface area (Å²) in [6.07, 6.45) is 0.272. The largest absolute Gasteiger partial charge is 0.481 e. The number of carbonyl (C=O) groups is 2. The minimum absolute atomic E-state index is 0.160. The molecule has 68 valence electrons. The third-order valence-corrected chi connectivity index (χ3v) is 1.76. The second-order valence-corrected chi connectivity index (χ2v) is 3.27. The second-order valence-electron chi connectivity index (χ2n) is 3.27. The Morgan fingerprint density at radius 1 is 1.42 bits per heavy atom. The highest BCUT2D eigenvalue weighted by Crippen LogP contribution is 2.39. The van der Waals surface area contributed by atoms with Gasteiger partial charge in [0.15, 0.2) is 0 Å². The van der Waals surface area contributed by atoms with Crippen LogP contribution in [0.1, 0.15) is 20.3 Å². The Balaban J connectivity index is 2.33. The van der Waals surface area contributed by atoms with Gasteiger partial charge in [0.1, 0.15) is 0 Å². The Morgan fingerprint density at radius 3 is 2.33 bits per heavy atom. The molecule has 0 bridgehead atoms. The number of aliphatic carboxylic acids is 1. The highest BCUT2D eigenvalue weighted by Gasteiger charge is 2.49. The zero-order valence-corrected chi connectivity index (χ0v) is 7.11. The van der Waals surface area contributed by atoms with Crippen LogP contribution < -0.4 is 0 Å². The van der Waals surface area contributed by atoms with E-state index in [0.29, 0.717) is 6.42 Å². The molecule has 0 unspecified atom stereocenters. The summed E-state index contributed by atoms with van der Waals surface area (Å²) in [5.74, 6) is -2.18. The van der Waals surface area contributed by atoms with Gasteiger partial charge in [-0.15, -0.1) is 0 Å². The summed E-state index contributed by atoms with van der Waals surface area (Å²) in [6.45, 7) is 3.49. The van der Waals surface area contributed by atoms with Crippen molar-refractivity contribution in [1.82, 2.24) is 0 Å². The summed E-state index contributed by atoms with van der Waals surface area (Å²) in [6, 6.07) is 0. The first-order chi connectivity index (χ1) is 5.52. The number of carbonyl (C=O) groups excluding carboxylic acids is 1. The predicted octanol–water partition coefficient (Wildman–Crippen LogP) is 0.659. The van der Waals surface area contributed by atoms with Crippen LogP contribution in [-0.4, -0.2) is 23.1 Å². The SMILES string of the molecule is CC(C)OC(=O)[C@@H]1C[C@H]1C(=O)O. The second kappa shape index (κ2) is 3.13. The molecule has 0 radical (unpaired) electrons. The molecule has 0 aliphatic heterocycles. The molecule has 0 aromatic carbocycles. The van der Waals surface area contributed by atoms with Crippen LogP contribution in [0.5, 0.6) is 0 Å². The van der Waals surface area contributed by atoms with E-state index >= 15 is 0 Å². The summed E-state index contributed by atoms with van der Waals surface area (Å²) < 4.78 is 4.85. The maximum Gasteiger partial charge on any atom is 0.310 e. The van der Waals surface area contributed by atoms with Crippen LogP contribution in [0.3, 0.4) is 0 Å². The van der Waals surface area contributed by atoms with Crippen molar-refractivity contribution in [3.8, 4) is 0 Å². The van der Waals surface area contributed by atoms with E-state index in [-0.39, 0.29) is 12.1 Å². The summed E-state index contributed by atoms with van der Waals surface area (Å²) >= 11 is 0. The molecule has 1 fully saturated rings. The third kappa shape index (κ3) is 1.96. The molecular weight excluding hydrogens is 160 g/mol. The fourth-order valence-electron chi connectivity index (χ4n) is 1.05. The van der Waals surface area contributed by atoms with Crippen LogP contribution in [0.25, 0.3) is 0 Å². The van der Waals surface area contributed by atoms with Crippen molar-refractivity contribution in [2.24, 2.45) is 11.8 Å². The van der Waals surface area contributed by atoms with Gasteiger partial charge in [-0.25, -0.2) is 0 Å². The minimum Gasteiger partial charge on any atom is -0.481 e. The Labute approximate surface area is 70.5 Å². The highest BCUT2D eigenvalue weighted by atomic mass is 16.5. The number of esters is 1. The highest BCUT2D eigenvalue weighted by molar-refractivity contribution is 5.86. The number of carboxylic acid groups (broad SMARTS) is 1. The summed E-state index contributed by atoms with van der Waals surface area (Å²) in [5.41, 5.74) is 0. The van der Waals surface area contributed by atoms with E-state index < -0.39 is 17.8 Å². The van der Waals surface area contributed by atoms with E-state index in [1.54, 1.807) is 13.8 Å². The molecule has 1 N–H and O–H groups in total. The van der Waals surface area contributed by atoms with Crippen LogP contribution >= 0.6 is 0 Å². The first kappa shape index (κ1) is 9.03. The zero-order chi connectivity index (χ0) is 9.30. The van der Waals surface area contributed by atoms with Gasteiger partial charge in [-0.2, -0.15) is 0 Å². The quantitative estimate of drug-likeness (QED) is 0.635. The van der Waals surface area contributed by atoms with Crippen LogP contribution in [0.15, 0.2) is 0 Å². The Bertz CT molecular complexity index is 209. The van der Waals surface area contributed by atoms with Gasteiger partial charge in [-0.3, -0.25) is 9.59 Å². The molecule has 2 atom stereocenters. The maximum atomic E-state index is 11.0. The molecule has 0 aromatic heterocycles. The molecule has 0 spiro atoms. The fraction of sp³-hybridized carbons (Fsp3) is 0.750. The average Bonchev–Trinajstić information content (AvgIpc) is 2.61. The van der Waals surface area contributed by atoms with Gasteiger partial charge < -0.3 is 9.84 Å². The summed E-state index contributed by atoms with van der Waals surface area (Å²) in [4.78, 5) is 21.4. The number of carboxylic acids is 1. The van der Waals surface area contributed by atoms with Crippen molar-refractivity contribution < 1.29 is 19.4 Å². The first-order valence-corrected chi connectivity index (χ1v) is 3.95. The summed E-state index contributed by atoms with van der Waals surface area (Å²) in [7, 11) is 0. The lowest BCUT2D eigenvalue weighted by atomic mass is 10.3. The molecule has 1 rings (SSSR count). The van der Waals surface area contributed by atoms with Crippen molar-refractivity contribution in [3.05, 3.63) is 0 Å². The Hall–Kier alpha value is -1.06. The molecule has 0 amide bonds. The van der Waals surface area contributed by atoms with Gasteiger partial charge in [0.2, 0.25) is 0 Å². The van der Waals surface area contributed by atoms with Gasteiger partial charge >= 0.3 is 11.9 Å². The Kier molecular flexibility index (Phi) is 2.35. The molecule has 0 saturated heterocycles. The van der Waals surface area contributed by atoms with Gasteiger partial charge in [0.05, 0.1) is 17.9 Å². The van der Waals surface area contributed by atoms with Crippen molar-refractivity contribution >= 4 is 11.9 Å². The van der Waals surface area contributed by atoms with Crippen LogP contribution in [-0.2, 0) is 14.3 Å². The predicted molar refractivity (Wildman–Crippen MR) is 40.5 cm³/mol. The lowest BCUT2D eigenvalue weighted by Gasteiger charge is -2.06. The first-order valence-electron chi connectivity index (χ1n) is 3.95. The number of hydrogen-bond acceptors (Lipinski definition) is 3. The van der Waals surface area contributed by atoms with E-state index in [0.717, 1.165) is 0 Å². The molecule has 1 saturated carbocycles. The topological polar surface area (TPSA) is 63.6 Å². The molecule has 0 aromatic rings. The van der Waals surface area contributed by atoms with E-state index in [9.17, 15) is 9.59 Å². The number of hydrogen-bond donors (Lipinski definition) is 1. The van der Waals surface area contributed by atoms with Crippen molar-refractivity contribution in [1.29, 1.82) is 0 Å². The van der Waals surface area contributed by atoms with E-state index in [1.807, 2.05) is 0 Å².